The molecule has 2 unspecified atom stereocenters. The van der Waals surface area contributed by atoms with Crippen LogP contribution in [0.4, 0.5) is 0 Å². The van der Waals surface area contributed by atoms with Gasteiger partial charge < -0.3 is 19.5 Å². The van der Waals surface area contributed by atoms with Crippen molar-refractivity contribution in [1.82, 2.24) is 5.32 Å². The molecular weight excluding hydrogens is 378 g/mol. The summed E-state index contributed by atoms with van der Waals surface area (Å²) in [6, 6.07) is 9.78. The number of nitrogens with one attached hydrogen (secondary N) is 1. The van der Waals surface area contributed by atoms with Crippen LogP contribution in [-0.2, 0) is 0 Å². The van der Waals surface area contributed by atoms with E-state index in [0.29, 0.717) is 41.9 Å². The number of carbonyl (C=O) groups excluding carboxylic acids is 1. The van der Waals surface area contributed by atoms with Crippen LogP contribution in [0.5, 0.6) is 17.2 Å². The predicted octanol–water partition coefficient (Wildman–Crippen LogP) is 4.99. The summed E-state index contributed by atoms with van der Waals surface area (Å²) in [4.78, 5) is 13.2. The maximum absolute atomic E-state index is 13.2. The van der Waals surface area contributed by atoms with Gasteiger partial charge in [0.15, 0.2) is 5.78 Å². The number of ketones is 1. The largest absolute Gasteiger partial charge is 0.493 e. The van der Waals surface area contributed by atoms with Crippen LogP contribution in [0.3, 0.4) is 0 Å². The molecule has 0 spiro atoms. The average Bonchev–Trinajstić information content (AvgIpc) is 3.06. The minimum atomic E-state index is -0.00297. The molecule has 1 fully saturated rings. The molecule has 2 aromatic rings. The minimum absolute atomic E-state index is 0.00297. The van der Waals surface area contributed by atoms with Gasteiger partial charge in [-0.2, -0.15) is 0 Å². The number of hydrogen-bond acceptors (Lipinski definition) is 5. The Morgan fingerprint density at radius 1 is 1.07 bits per heavy atom. The van der Waals surface area contributed by atoms with E-state index < -0.39 is 0 Å². The SMILES string of the molecule is CCCOc1cc(OCC)c2c(c1)C(=O)c1cccc(OC(C)C3CCCCN3)c1-2. The molecule has 1 aliphatic carbocycles. The molecule has 2 aromatic carbocycles. The number of benzene rings is 2. The third kappa shape index (κ3) is 3.91. The Morgan fingerprint density at radius 2 is 1.90 bits per heavy atom. The summed E-state index contributed by atoms with van der Waals surface area (Å²) in [5.74, 6) is 2.08. The van der Waals surface area contributed by atoms with E-state index in [1.165, 1.54) is 12.8 Å². The van der Waals surface area contributed by atoms with Gasteiger partial charge in [-0.3, -0.25) is 4.79 Å². The van der Waals surface area contributed by atoms with Crippen molar-refractivity contribution in [1.29, 1.82) is 0 Å². The Kier molecular flexibility index (Phi) is 6.28. The highest BCUT2D eigenvalue weighted by Gasteiger charge is 2.34. The van der Waals surface area contributed by atoms with Crippen LogP contribution in [0.1, 0.15) is 62.4 Å². The lowest BCUT2D eigenvalue weighted by Gasteiger charge is -2.30. The highest BCUT2D eigenvalue weighted by atomic mass is 16.5. The summed E-state index contributed by atoms with van der Waals surface area (Å²) in [7, 11) is 0. The molecule has 2 atom stereocenters. The predicted molar refractivity (Wildman–Crippen MR) is 118 cm³/mol. The van der Waals surface area contributed by atoms with Gasteiger partial charge in [0.2, 0.25) is 0 Å². The summed E-state index contributed by atoms with van der Waals surface area (Å²) < 4.78 is 18.2. The first kappa shape index (κ1) is 20.7. The maximum atomic E-state index is 13.2. The van der Waals surface area contributed by atoms with Crippen molar-refractivity contribution in [2.24, 2.45) is 0 Å². The first-order chi connectivity index (χ1) is 14.6. The Bertz CT molecular complexity index is 918. The van der Waals surface area contributed by atoms with E-state index in [0.717, 1.165) is 36.3 Å². The third-order valence-corrected chi connectivity index (χ3v) is 5.84. The van der Waals surface area contributed by atoms with Crippen molar-refractivity contribution in [3.05, 3.63) is 41.5 Å². The molecule has 0 bridgehead atoms. The highest BCUT2D eigenvalue weighted by Crippen LogP contribution is 2.49. The van der Waals surface area contributed by atoms with Gasteiger partial charge in [-0.05, 0) is 51.8 Å². The molecule has 0 saturated carbocycles. The molecule has 0 radical (unpaired) electrons. The molecule has 5 nitrogen and oxygen atoms in total. The highest BCUT2D eigenvalue weighted by molar-refractivity contribution is 6.23. The fourth-order valence-electron chi connectivity index (χ4n) is 4.38. The minimum Gasteiger partial charge on any atom is -0.493 e. The molecule has 0 aromatic heterocycles. The molecule has 2 aliphatic rings. The summed E-state index contributed by atoms with van der Waals surface area (Å²) in [6.07, 6.45) is 4.45. The lowest BCUT2D eigenvalue weighted by molar-refractivity contribution is 0.104. The maximum Gasteiger partial charge on any atom is 0.194 e. The summed E-state index contributed by atoms with van der Waals surface area (Å²) >= 11 is 0. The Balaban J connectivity index is 1.73. The van der Waals surface area contributed by atoms with Gasteiger partial charge in [0.1, 0.15) is 23.4 Å². The average molecular weight is 410 g/mol. The molecule has 160 valence electrons. The number of fused-ring (bicyclic) bond motifs is 3. The normalized spacial score (nSPS) is 18.5. The van der Waals surface area contributed by atoms with E-state index in [9.17, 15) is 4.79 Å². The van der Waals surface area contributed by atoms with E-state index in [1.54, 1.807) is 0 Å². The topological polar surface area (TPSA) is 56.8 Å². The molecule has 30 heavy (non-hydrogen) atoms. The van der Waals surface area contributed by atoms with Gasteiger partial charge in [0.05, 0.1) is 13.2 Å². The first-order valence-corrected chi connectivity index (χ1v) is 11.2. The molecule has 1 aliphatic heterocycles. The quantitative estimate of drug-likeness (QED) is 0.568. The molecule has 1 N–H and O–H groups in total. The number of rotatable bonds is 8. The zero-order valence-electron chi connectivity index (χ0n) is 18.1. The number of carbonyl (C=O) groups is 1. The number of ether oxygens (including phenoxy) is 3. The van der Waals surface area contributed by atoms with Crippen LogP contribution < -0.4 is 19.5 Å². The van der Waals surface area contributed by atoms with Gasteiger partial charge in [-0.25, -0.2) is 0 Å². The van der Waals surface area contributed by atoms with Crippen molar-refractivity contribution >= 4 is 5.78 Å². The molecule has 1 saturated heterocycles. The Hall–Kier alpha value is -2.53. The zero-order valence-corrected chi connectivity index (χ0v) is 18.1. The molecule has 0 amide bonds. The second kappa shape index (κ2) is 9.09. The summed E-state index contributed by atoms with van der Waals surface area (Å²) in [6.45, 7) is 8.25. The van der Waals surface area contributed by atoms with Gasteiger partial charge >= 0.3 is 0 Å². The van der Waals surface area contributed by atoms with E-state index in [2.05, 4.69) is 19.2 Å². The van der Waals surface area contributed by atoms with E-state index >= 15 is 0 Å². The summed E-state index contributed by atoms with van der Waals surface area (Å²) in [5.41, 5.74) is 2.95. The molecular formula is C25H31NO4. The molecule has 4 rings (SSSR count). The van der Waals surface area contributed by atoms with Crippen molar-refractivity contribution < 1.29 is 19.0 Å². The Morgan fingerprint density at radius 3 is 2.63 bits per heavy atom. The van der Waals surface area contributed by atoms with Crippen LogP contribution >= 0.6 is 0 Å². The Labute approximate surface area is 178 Å². The van der Waals surface area contributed by atoms with E-state index in [-0.39, 0.29) is 11.9 Å². The van der Waals surface area contributed by atoms with Crippen LogP contribution in [0.2, 0.25) is 0 Å². The smallest absolute Gasteiger partial charge is 0.194 e. The zero-order chi connectivity index (χ0) is 21.1. The van der Waals surface area contributed by atoms with Gasteiger partial charge in [0.25, 0.3) is 0 Å². The number of hydrogen-bond donors (Lipinski definition) is 1. The van der Waals surface area contributed by atoms with Crippen LogP contribution in [0.25, 0.3) is 11.1 Å². The monoisotopic (exact) mass is 409 g/mol. The van der Waals surface area contributed by atoms with E-state index in [4.69, 9.17) is 14.2 Å². The fraction of sp³-hybridized carbons (Fsp3) is 0.480. The van der Waals surface area contributed by atoms with Gasteiger partial charge in [-0.1, -0.05) is 25.5 Å². The van der Waals surface area contributed by atoms with Crippen molar-refractivity contribution in [3.63, 3.8) is 0 Å². The van der Waals surface area contributed by atoms with Crippen molar-refractivity contribution in [2.45, 2.75) is 58.6 Å². The molecule has 1 heterocycles. The van der Waals surface area contributed by atoms with E-state index in [1.807, 2.05) is 37.3 Å². The second-order valence-corrected chi connectivity index (χ2v) is 8.01. The second-order valence-electron chi connectivity index (χ2n) is 8.01. The van der Waals surface area contributed by atoms with Crippen LogP contribution in [-0.4, -0.2) is 37.7 Å². The van der Waals surface area contributed by atoms with Gasteiger partial charge in [-0.15, -0.1) is 0 Å². The lowest BCUT2D eigenvalue weighted by Crippen LogP contribution is -2.44. The first-order valence-electron chi connectivity index (χ1n) is 11.2. The van der Waals surface area contributed by atoms with Crippen LogP contribution in [0, 0.1) is 0 Å². The van der Waals surface area contributed by atoms with Crippen LogP contribution in [0.15, 0.2) is 30.3 Å². The number of piperidine rings is 1. The fourth-order valence-corrected chi connectivity index (χ4v) is 4.38. The third-order valence-electron chi connectivity index (χ3n) is 5.84. The van der Waals surface area contributed by atoms with Crippen molar-refractivity contribution in [2.75, 3.05) is 19.8 Å². The molecule has 5 heteroatoms. The lowest BCUT2D eigenvalue weighted by atomic mass is 10.00. The van der Waals surface area contributed by atoms with Gasteiger partial charge in [0, 0.05) is 34.4 Å². The standard InChI is InChI=1S/C25H31NO4/c1-4-13-29-17-14-19-24(22(15-17)28-5-2)23-18(25(19)27)9-8-11-21(23)30-16(3)20-10-6-7-12-26-20/h8-9,11,14-16,20,26H,4-7,10,12-13H2,1-3H3. The van der Waals surface area contributed by atoms with Crippen molar-refractivity contribution in [3.8, 4) is 28.4 Å². The summed E-state index contributed by atoms with van der Waals surface area (Å²) in [5, 5.41) is 3.56.